The first-order chi connectivity index (χ1) is 10.1. The average molecular weight is 288 g/mol. The van der Waals surface area contributed by atoms with E-state index < -0.39 is 6.10 Å². The summed E-state index contributed by atoms with van der Waals surface area (Å²) in [7, 11) is 0. The summed E-state index contributed by atoms with van der Waals surface area (Å²) >= 11 is 0. The van der Waals surface area contributed by atoms with Crippen molar-refractivity contribution in [2.24, 2.45) is 0 Å². The van der Waals surface area contributed by atoms with Crippen LogP contribution in [0.2, 0.25) is 0 Å². The van der Waals surface area contributed by atoms with Crippen LogP contribution in [0.15, 0.2) is 30.3 Å². The van der Waals surface area contributed by atoms with E-state index in [1.165, 1.54) is 0 Å². The molecule has 3 rings (SSSR count). The second-order valence-electron chi connectivity index (χ2n) is 5.88. The van der Waals surface area contributed by atoms with E-state index in [1.807, 2.05) is 23.1 Å². The number of nitrogens with one attached hydrogen (secondary N) is 1. The fourth-order valence-electron chi connectivity index (χ4n) is 2.82. The molecule has 112 valence electrons. The van der Waals surface area contributed by atoms with Gasteiger partial charge in [-0.15, -0.1) is 0 Å². The van der Waals surface area contributed by atoms with Gasteiger partial charge in [-0.3, -0.25) is 9.59 Å². The molecule has 2 unspecified atom stereocenters. The Bertz CT molecular complexity index is 528. The Morgan fingerprint density at radius 3 is 2.71 bits per heavy atom. The minimum atomic E-state index is -0.803. The Kier molecular flexibility index (Phi) is 3.92. The Balaban J connectivity index is 1.49. The van der Waals surface area contributed by atoms with Crippen LogP contribution >= 0.6 is 0 Å². The van der Waals surface area contributed by atoms with E-state index in [0.29, 0.717) is 19.0 Å². The van der Waals surface area contributed by atoms with Crippen LogP contribution in [0.5, 0.6) is 0 Å². The van der Waals surface area contributed by atoms with E-state index in [4.69, 9.17) is 0 Å². The fraction of sp³-hybridized carbons (Fsp3) is 0.500. The molecule has 0 aromatic heterocycles. The highest BCUT2D eigenvalue weighted by Crippen LogP contribution is 2.30. The van der Waals surface area contributed by atoms with Gasteiger partial charge in [-0.25, -0.2) is 0 Å². The monoisotopic (exact) mass is 288 g/mol. The number of nitrogens with zero attached hydrogens (tertiary/aromatic N) is 1. The summed E-state index contributed by atoms with van der Waals surface area (Å²) in [5.74, 6) is -0.0757. The second-order valence-corrected chi connectivity index (χ2v) is 5.88. The molecule has 1 heterocycles. The van der Waals surface area contributed by atoms with Crippen molar-refractivity contribution >= 4 is 11.8 Å². The van der Waals surface area contributed by atoms with Gasteiger partial charge in [-0.1, -0.05) is 30.3 Å². The standard InChI is InChI=1S/C16H20N2O3/c19-14(11-4-2-1-3-5-11)9-15(20)17-12-8-16(21)18(10-12)13-6-7-13/h1-5,12-14,19H,6-10H2,(H,17,20). The van der Waals surface area contributed by atoms with Gasteiger partial charge in [-0.05, 0) is 18.4 Å². The van der Waals surface area contributed by atoms with E-state index in [1.54, 1.807) is 12.1 Å². The van der Waals surface area contributed by atoms with Gasteiger partial charge in [0.1, 0.15) is 0 Å². The molecule has 5 heteroatoms. The van der Waals surface area contributed by atoms with E-state index in [-0.39, 0.29) is 24.3 Å². The SMILES string of the molecule is O=C(CC(O)c1ccccc1)NC1CC(=O)N(C2CC2)C1. The molecule has 1 aromatic rings. The summed E-state index contributed by atoms with van der Waals surface area (Å²) in [5.41, 5.74) is 0.731. The maximum Gasteiger partial charge on any atom is 0.225 e. The minimum Gasteiger partial charge on any atom is -0.388 e. The molecular weight excluding hydrogens is 268 g/mol. The number of likely N-dealkylation sites (tertiary alicyclic amines) is 1. The van der Waals surface area contributed by atoms with Crippen molar-refractivity contribution in [1.29, 1.82) is 0 Å². The zero-order valence-corrected chi connectivity index (χ0v) is 11.9. The first kappa shape index (κ1) is 14.1. The number of aliphatic hydroxyl groups excluding tert-OH is 1. The number of carbonyl (C=O) groups is 2. The zero-order chi connectivity index (χ0) is 14.8. The highest BCUT2D eigenvalue weighted by molar-refractivity contribution is 5.82. The number of hydrogen-bond donors (Lipinski definition) is 2. The summed E-state index contributed by atoms with van der Waals surface area (Å²) < 4.78 is 0. The molecule has 1 aliphatic carbocycles. The number of carbonyl (C=O) groups excluding carboxylic acids is 2. The third-order valence-electron chi connectivity index (χ3n) is 4.07. The number of rotatable bonds is 5. The van der Waals surface area contributed by atoms with Crippen LogP contribution in [0.3, 0.4) is 0 Å². The molecule has 0 bridgehead atoms. The van der Waals surface area contributed by atoms with Crippen molar-refractivity contribution in [1.82, 2.24) is 10.2 Å². The molecule has 1 aromatic carbocycles. The predicted molar refractivity (Wildman–Crippen MR) is 77.3 cm³/mol. The molecule has 2 atom stereocenters. The number of amides is 2. The van der Waals surface area contributed by atoms with Crippen LogP contribution < -0.4 is 5.32 Å². The number of aliphatic hydroxyl groups is 1. The normalized spacial score (nSPS) is 23.2. The van der Waals surface area contributed by atoms with Crippen molar-refractivity contribution in [3.63, 3.8) is 0 Å². The highest BCUT2D eigenvalue weighted by atomic mass is 16.3. The van der Waals surface area contributed by atoms with Crippen LogP contribution in [0, 0.1) is 0 Å². The molecule has 2 fully saturated rings. The molecule has 2 N–H and O–H groups in total. The lowest BCUT2D eigenvalue weighted by atomic mass is 10.1. The van der Waals surface area contributed by atoms with Crippen LogP contribution in [0.25, 0.3) is 0 Å². The highest BCUT2D eigenvalue weighted by Gasteiger charge is 2.39. The number of benzene rings is 1. The lowest BCUT2D eigenvalue weighted by Gasteiger charge is -2.17. The van der Waals surface area contributed by atoms with Crippen molar-refractivity contribution in [2.75, 3.05) is 6.54 Å². The molecule has 0 radical (unpaired) electrons. The largest absolute Gasteiger partial charge is 0.388 e. The summed E-state index contributed by atoms with van der Waals surface area (Å²) in [6.45, 7) is 0.608. The maximum atomic E-state index is 12.0. The third-order valence-corrected chi connectivity index (χ3v) is 4.07. The fourth-order valence-corrected chi connectivity index (χ4v) is 2.82. The third kappa shape index (κ3) is 3.42. The van der Waals surface area contributed by atoms with Crippen LogP contribution in [-0.4, -0.2) is 40.4 Å². The van der Waals surface area contributed by atoms with E-state index in [2.05, 4.69) is 5.32 Å². The molecular formula is C16H20N2O3. The molecule has 5 nitrogen and oxygen atoms in total. The van der Waals surface area contributed by atoms with E-state index >= 15 is 0 Å². The quantitative estimate of drug-likeness (QED) is 0.849. The number of hydrogen-bond acceptors (Lipinski definition) is 3. The molecule has 1 saturated carbocycles. The van der Waals surface area contributed by atoms with E-state index in [0.717, 1.165) is 18.4 Å². The van der Waals surface area contributed by atoms with Crippen molar-refractivity contribution in [3.8, 4) is 0 Å². The van der Waals surface area contributed by atoms with Gasteiger partial charge in [0.2, 0.25) is 11.8 Å². The predicted octanol–water partition coefficient (Wildman–Crippen LogP) is 0.990. The Morgan fingerprint density at radius 1 is 1.33 bits per heavy atom. The summed E-state index contributed by atoms with van der Waals surface area (Å²) in [6, 6.07) is 9.41. The van der Waals surface area contributed by atoms with Gasteiger partial charge in [0.25, 0.3) is 0 Å². The summed E-state index contributed by atoms with van der Waals surface area (Å²) in [6.07, 6.45) is 1.77. The molecule has 2 amide bonds. The second kappa shape index (κ2) is 5.85. The summed E-state index contributed by atoms with van der Waals surface area (Å²) in [4.78, 5) is 25.7. The topological polar surface area (TPSA) is 69.6 Å². The molecule has 1 saturated heterocycles. The molecule has 2 aliphatic rings. The van der Waals surface area contributed by atoms with Crippen LogP contribution in [-0.2, 0) is 9.59 Å². The van der Waals surface area contributed by atoms with Gasteiger partial charge in [0, 0.05) is 19.0 Å². The van der Waals surface area contributed by atoms with Gasteiger partial charge in [0.05, 0.1) is 18.6 Å². The first-order valence-corrected chi connectivity index (χ1v) is 7.45. The van der Waals surface area contributed by atoms with E-state index in [9.17, 15) is 14.7 Å². The zero-order valence-electron chi connectivity index (χ0n) is 11.9. The van der Waals surface area contributed by atoms with Crippen molar-refractivity contribution < 1.29 is 14.7 Å². The lowest BCUT2D eigenvalue weighted by molar-refractivity contribution is -0.128. The summed E-state index contributed by atoms with van der Waals surface area (Å²) in [5, 5.41) is 12.9. The van der Waals surface area contributed by atoms with Gasteiger partial charge < -0.3 is 15.3 Å². The minimum absolute atomic E-state index is 0.0259. The Labute approximate surface area is 123 Å². The van der Waals surface area contributed by atoms with Crippen molar-refractivity contribution in [3.05, 3.63) is 35.9 Å². The average Bonchev–Trinajstić information content (AvgIpc) is 3.24. The molecule has 0 spiro atoms. The van der Waals surface area contributed by atoms with Gasteiger partial charge in [0.15, 0.2) is 0 Å². The smallest absolute Gasteiger partial charge is 0.225 e. The molecule has 1 aliphatic heterocycles. The first-order valence-electron chi connectivity index (χ1n) is 7.45. The van der Waals surface area contributed by atoms with Crippen molar-refractivity contribution in [2.45, 2.75) is 43.9 Å². The van der Waals surface area contributed by atoms with Crippen LogP contribution in [0.4, 0.5) is 0 Å². The Morgan fingerprint density at radius 2 is 2.05 bits per heavy atom. The van der Waals surface area contributed by atoms with Gasteiger partial charge >= 0.3 is 0 Å². The van der Waals surface area contributed by atoms with Gasteiger partial charge in [-0.2, -0.15) is 0 Å². The molecule has 21 heavy (non-hydrogen) atoms. The van der Waals surface area contributed by atoms with Crippen LogP contribution in [0.1, 0.15) is 37.4 Å². The Hall–Kier alpha value is -1.88. The maximum absolute atomic E-state index is 12.0. The lowest BCUT2D eigenvalue weighted by Crippen LogP contribution is -2.38.